The Kier molecular flexibility index (Phi) is 4.32. The fourth-order valence-electron chi connectivity index (χ4n) is 2.20. The van der Waals surface area contributed by atoms with Crippen LogP contribution in [0.2, 0.25) is 0 Å². The number of aliphatic hydroxyl groups excluding tert-OH is 1. The molecule has 0 unspecified atom stereocenters. The van der Waals surface area contributed by atoms with Gasteiger partial charge >= 0.3 is 0 Å². The molecule has 4 nitrogen and oxygen atoms in total. The van der Waals surface area contributed by atoms with Crippen LogP contribution in [0.4, 0.5) is 0 Å². The highest BCUT2D eigenvalue weighted by Gasteiger charge is 2.12. The van der Waals surface area contributed by atoms with Gasteiger partial charge in [0.25, 0.3) is 0 Å². The quantitative estimate of drug-likeness (QED) is 0.896. The summed E-state index contributed by atoms with van der Waals surface area (Å²) in [7, 11) is 0. The van der Waals surface area contributed by atoms with Crippen molar-refractivity contribution in [2.75, 3.05) is 0 Å². The molecule has 0 atom stereocenters. The van der Waals surface area contributed by atoms with Gasteiger partial charge in [0.15, 0.2) is 5.82 Å². The molecule has 0 aliphatic heterocycles. The summed E-state index contributed by atoms with van der Waals surface area (Å²) in [4.78, 5) is 0. The number of aliphatic hydroxyl groups is 1. The van der Waals surface area contributed by atoms with Crippen LogP contribution >= 0.6 is 0 Å². The van der Waals surface area contributed by atoms with Crippen LogP contribution in [-0.4, -0.2) is 19.9 Å². The fraction of sp³-hybridized carbons (Fsp3) is 0.467. The lowest BCUT2D eigenvalue weighted by Crippen LogP contribution is -2.12. The molecule has 0 aliphatic rings. The Hall–Kier alpha value is -1.68. The molecule has 0 saturated carbocycles. The maximum Gasteiger partial charge on any atom is 0.158 e. The molecule has 1 N–H and O–H groups in total. The van der Waals surface area contributed by atoms with Crippen LogP contribution in [0.3, 0.4) is 0 Å². The third-order valence-electron chi connectivity index (χ3n) is 3.04. The molecule has 102 valence electrons. The Bertz CT molecular complexity index is 546. The highest BCUT2D eigenvalue weighted by atomic mass is 16.3. The molecule has 2 rings (SSSR count). The number of hydrogen-bond donors (Lipinski definition) is 1. The minimum absolute atomic E-state index is 0.0620. The third kappa shape index (κ3) is 3.41. The molecule has 1 heterocycles. The van der Waals surface area contributed by atoms with Crippen molar-refractivity contribution in [3.63, 3.8) is 0 Å². The van der Waals surface area contributed by atoms with Crippen LogP contribution in [0.1, 0.15) is 36.6 Å². The minimum atomic E-state index is -0.0620. The van der Waals surface area contributed by atoms with E-state index in [2.05, 4.69) is 55.2 Å². The predicted octanol–water partition coefficient (Wildman–Crippen LogP) is 2.33. The van der Waals surface area contributed by atoms with Crippen molar-refractivity contribution in [3.05, 3.63) is 47.0 Å². The lowest BCUT2D eigenvalue weighted by molar-refractivity contribution is 0.261. The molecule has 2 aromatic rings. The zero-order chi connectivity index (χ0) is 13.8. The Morgan fingerprint density at radius 1 is 1.21 bits per heavy atom. The van der Waals surface area contributed by atoms with Gasteiger partial charge in [-0.15, -0.1) is 10.2 Å². The molecule has 0 spiro atoms. The highest BCUT2D eigenvalue weighted by Crippen LogP contribution is 2.13. The first-order valence-corrected chi connectivity index (χ1v) is 6.67. The van der Waals surface area contributed by atoms with E-state index >= 15 is 0 Å². The molecule has 0 amide bonds. The van der Waals surface area contributed by atoms with E-state index in [1.165, 1.54) is 11.1 Å². The van der Waals surface area contributed by atoms with Gasteiger partial charge in [-0.05, 0) is 18.4 Å². The van der Waals surface area contributed by atoms with Crippen molar-refractivity contribution in [1.29, 1.82) is 0 Å². The molecule has 0 bridgehead atoms. The summed E-state index contributed by atoms with van der Waals surface area (Å²) in [5.41, 5.74) is 2.47. The number of nitrogens with zero attached hydrogens (tertiary/aromatic N) is 3. The van der Waals surface area contributed by atoms with Crippen LogP contribution in [0.5, 0.6) is 0 Å². The van der Waals surface area contributed by atoms with E-state index in [4.69, 9.17) is 0 Å². The van der Waals surface area contributed by atoms with E-state index in [0.717, 1.165) is 18.8 Å². The average molecular weight is 259 g/mol. The van der Waals surface area contributed by atoms with E-state index < -0.39 is 0 Å². The average Bonchev–Trinajstić information content (AvgIpc) is 2.71. The molecule has 0 radical (unpaired) electrons. The van der Waals surface area contributed by atoms with E-state index in [1.54, 1.807) is 0 Å². The zero-order valence-corrected chi connectivity index (χ0v) is 11.8. The molecule has 1 aromatic heterocycles. The molecule has 0 fully saturated rings. The van der Waals surface area contributed by atoms with Gasteiger partial charge in [0.2, 0.25) is 0 Å². The number of benzene rings is 1. The summed E-state index contributed by atoms with van der Waals surface area (Å²) >= 11 is 0. The molecule has 19 heavy (non-hydrogen) atoms. The highest BCUT2D eigenvalue weighted by molar-refractivity contribution is 5.25. The Balaban J connectivity index is 2.27. The van der Waals surface area contributed by atoms with Crippen LogP contribution < -0.4 is 0 Å². The smallest absolute Gasteiger partial charge is 0.158 e. The van der Waals surface area contributed by atoms with E-state index in [-0.39, 0.29) is 6.61 Å². The normalized spacial score (nSPS) is 11.2. The van der Waals surface area contributed by atoms with Gasteiger partial charge in [-0.3, -0.25) is 0 Å². The molecule has 0 saturated heterocycles. The topological polar surface area (TPSA) is 50.9 Å². The number of aryl methyl sites for hydroxylation is 1. The van der Waals surface area contributed by atoms with Crippen molar-refractivity contribution in [3.8, 4) is 0 Å². The van der Waals surface area contributed by atoms with Gasteiger partial charge in [-0.1, -0.05) is 43.7 Å². The van der Waals surface area contributed by atoms with Gasteiger partial charge in [-0.2, -0.15) is 0 Å². The van der Waals surface area contributed by atoms with Crippen molar-refractivity contribution < 1.29 is 5.11 Å². The largest absolute Gasteiger partial charge is 0.388 e. The van der Waals surface area contributed by atoms with E-state index in [1.807, 2.05) is 4.57 Å². The van der Waals surface area contributed by atoms with Crippen LogP contribution in [-0.2, 0) is 19.6 Å². The van der Waals surface area contributed by atoms with E-state index in [0.29, 0.717) is 11.7 Å². The van der Waals surface area contributed by atoms with Crippen molar-refractivity contribution in [2.24, 2.45) is 5.92 Å². The second-order valence-corrected chi connectivity index (χ2v) is 5.36. The maximum atomic E-state index is 9.33. The van der Waals surface area contributed by atoms with Crippen LogP contribution in [0, 0.1) is 12.8 Å². The number of aromatic nitrogens is 3. The van der Waals surface area contributed by atoms with Gasteiger partial charge in [-0.25, -0.2) is 0 Å². The molecular formula is C15H21N3O. The first kappa shape index (κ1) is 13.7. The zero-order valence-electron chi connectivity index (χ0n) is 11.8. The Morgan fingerprint density at radius 3 is 2.58 bits per heavy atom. The monoisotopic (exact) mass is 259 g/mol. The molecule has 4 heteroatoms. The van der Waals surface area contributed by atoms with Crippen LogP contribution in [0.15, 0.2) is 24.3 Å². The predicted molar refractivity (Wildman–Crippen MR) is 74.8 cm³/mol. The first-order valence-electron chi connectivity index (χ1n) is 6.67. The van der Waals surface area contributed by atoms with Gasteiger partial charge in [0.1, 0.15) is 12.4 Å². The fourth-order valence-corrected chi connectivity index (χ4v) is 2.20. The van der Waals surface area contributed by atoms with Gasteiger partial charge in [0.05, 0.1) is 0 Å². The van der Waals surface area contributed by atoms with Gasteiger partial charge in [0, 0.05) is 13.0 Å². The summed E-state index contributed by atoms with van der Waals surface area (Å²) in [6.07, 6.45) is 0.751. The SMILES string of the molecule is Cc1cccc(Cc2nnc(CO)n2CC(C)C)c1. The Labute approximate surface area is 114 Å². The standard InChI is InChI=1S/C15H21N3O/c1-11(2)9-18-14(16-17-15(18)10-19)8-13-6-4-5-12(3)7-13/h4-7,11,19H,8-10H2,1-3H3. The molecule has 0 aliphatic carbocycles. The van der Waals surface area contributed by atoms with Gasteiger partial charge < -0.3 is 9.67 Å². The maximum absolute atomic E-state index is 9.33. The number of hydrogen-bond acceptors (Lipinski definition) is 3. The summed E-state index contributed by atoms with van der Waals surface area (Å²) in [5.74, 6) is 2.07. The number of rotatable bonds is 5. The summed E-state index contributed by atoms with van der Waals surface area (Å²) < 4.78 is 2.03. The van der Waals surface area contributed by atoms with Crippen molar-refractivity contribution >= 4 is 0 Å². The first-order chi connectivity index (χ1) is 9.10. The second-order valence-electron chi connectivity index (χ2n) is 5.36. The molecule has 1 aromatic carbocycles. The lowest BCUT2D eigenvalue weighted by Gasteiger charge is -2.12. The second kappa shape index (κ2) is 5.97. The Morgan fingerprint density at radius 2 is 1.95 bits per heavy atom. The summed E-state index contributed by atoms with van der Waals surface area (Å²) in [6.45, 7) is 7.16. The summed E-state index contributed by atoms with van der Waals surface area (Å²) in [6, 6.07) is 8.40. The van der Waals surface area contributed by atoms with Crippen molar-refractivity contribution in [1.82, 2.24) is 14.8 Å². The summed E-state index contributed by atoms with van der Waals surface area (Å²) in [5, 5.41) is 17.6. The molecular weight excluding hydrogens is 238 g/mol. The third-order valence-corrected chi connectivity index (χ3v) is 3.04. The minimum Gasteiger partial charge on any atom is -0.388 e. The lowest BCUT2D eigenvalue weighted by atomic mass is 10.1. The van der Waals surface area contributed by atoms with Crippen molar-refractivity contribution in [2.45, 2.75) is 40.3 Å². The van der Waals surface area contributed by atoms with Crippen LogP contribution in [0.25, 0.3) is 0 Å². The van der Waals surface area contributed by atoms with E-state index in [9.17, 15) is 5.11 Å².